The summed E-state index contributed by atoms with van der Waals surface area (Å²) in [6.45, 7) is 8.29. The van der Waals surface area contributed by atoms with Crippen LogP contribution < -0.4 is 10.6 Å². The van der Waals surface area contributed by atoms with Gasteiger partial charge < -0.3 is 10.6 Å². The van der Waals surface area contributed by atoms with Gasteiger partial charge in [-0.2, -0.15) is 0 Å². The molecule has 19 heavy (non-hydrogen) atoms. The number of hydrogen-bond donors (Lipinski definition) is 2. The van der Waals surface area contributed by atoms with E-state index in [4.69, 9.17) is 4.99 Å². The zero-order valence-corrected chi connectivity index (χ0v) is 12.2. The number of hydrogen-bond acceptors (Lipinski definition) is 1. The SMILES string of the molecule is CCNC(=NCC(C)(C)c1ccccc1)NC1CC1. The summed E-state index contributed by atoms with van der Waals surface area (Å²) in [6.07, 6.45) is 2.54. The molecule has 1 aliphatic rings. The highest BCUT2D eigenvalue weighted by atomic mass is 15.2. The van der Waals surface area contributed by atoms with E-state index in [-0.39, 0.29) is 5.41 Å². The minimum absolute atomic E-state index is 0.0627. The van der Waals surface area contributed by atoms with E-state index in [1.807, 2.05) is 0 Å². The molecule has 0 unspecified atom stereocenters. The zero-order chi connectivity index (χ0) is 13.7. The van der Waals surface area contributed by atoms with Crippen LogP contribution in [0.25, 0.3) is 0 Å². The molecule has 1 saturated carbocycles. The quantitative estimate of drug-likeness (QED) is 0.630. The molecule has 104 valence electrons. The van der Waals surface area contributed by atoms with Gasteiger partial charge in [0.05, 0.1) is 6.54 Å². The van der Waals surface area contributed by atoms with Crippen LogP contribution in [0.5, 0.6) is 0 Å². The summed E-state index contributed by atoms with van der Waals surface area (Å²) in [4.78, 5) is 4.74. The standard InChI is InChI=1S/C16H25N3/c1-4-17-15(19-14-10-11-14)18-12-16(2,3)13-8-6-5-7-9-13/h5-9,14H,4,10-12H2,1-3H3,(H2,17,18,19). The second-order valence-corrected chi connectivity index (χ2v) is 5.86. The molecule has 3 nitrogen and oxygen atoms in total. The number of nitrogens with one attached hydrogen (secondary N) is 2. The van der Waals surface area contributed by atoms with Gasteiger partial charge in [-0.3, -0.25) is 4.99 Å². The fraction of sp³-hybridized carbons (Fsp3) is 0.562. The molecule has 0 bridgehead atoms. The first kappa shape index (κ1) is 13.9. The average molecular weight is 259 g/mol. The van der Waals surface area contributed by atoms with Crippen LogP contribution in [0.2, 0.25) is 0 Å². The molecule has 0 radical (unpaired) electrons. The van der Waals surface area contributed by atoms with Gasteiger partial charge in [-0.25, -0.2) is 0 Å². The Morgan fingerprint density at radius 1 is 1.26 bits per heavy atom. The summed E-state index contributed by atoms with van der Waals surface area (Å²) in [5.41, 5.74) is 1.40. The van der Waals surface area contributed by atoms with Crippen LogP contribution in [0.15, 0.2) is 35.3 Å². The monoisotopic (exact) mass is 259 g/mol. The maximum absolute atomic E-state index is 4.74. The molecule has 0 spiro atoms. The predicted octanol–water partition coefficient (Wildman–Crippen LogP) is 2.68. The fourth-order valence-corrected chi connectivity index (χ4v) is 2.00. The average Bonchev–Trinajstić information content (AvgIpc) is 3.21. The van der Waals surface area contributed by atoms with E-state index >= 15 is 0 Å². The second-order valence-electron chi connectivity index (χ2n) is 5.86. The predicted molar refractivity (Wildman–Crippen MR) is 81.6 cm³/mol. The Balaban J connectivity index is 2.00. The van der Waals surface area contributed by atoms with Gasteiger partial charge in [0.1, 0.15) is 0 Å². The van der Waals surface area contributed by atoms with E-state index in [2.05, 4.69) is 61.7 Å². The molecule has 1 aromatic carbocycles. The molecular formula is C16H25N3. The van der Waals surface area contributed by atoms with Crippen molar-refractivity contribution in [2.45, 2.75) is 45.1 Å². The van der Waals surface area contributed by atoms with Gasteiger partial charge in [0.2, 0.25) is 0 Å². The summed E-state index contributed by atoms with van der Waals surface area (Å²) in [6, 6.07) is 11.2. The molecule has 2 N–H and O–H groups in total. The van der Waals surface area contributed by atoms with E-state index in [1.54, 1.807) is 0 Å². The Morgan fingerprint density at radius 3 is 2.53 bits per heavy atom. The molecule has 1 aliphatic carbocycles. The number of guanidine groups is 1. The van der Waals surface area contributed by atoms with Crippen molar-refractivity contribution in [2.75, 3.05) is 13.1 Å². The highest BCUT2D eigenvalue weighted by Crippen LogP contribution is 2.23. The van der Waals surface area contributed by atoms with Gasteiger partial charge in [-0.15, -0.1) is 0 Å². The molecular weight excluding hydrogens is 234 g/mol. The molecule has 3 heteroatoms. The van der Waals surface area contributed by atoms with Gasteiger partial charge in [0, 0.05) is 18.0 Å². The highest BCUT2D eigenvalue weighted by Gasteiger charge is 2.23. The molecule has 0 amide bonds. The van der Waals surface area contributed by atoms with E-state index < -0.39 is 0 Å². The highest BCUT2D eigenvalue weighted by molar-refractivity contribution is 5.80. The Bertz CT molecular complexity index is 419. The zero-order valence-electron chi connectivity index (χ0n) is 12.2. The molecule has 0 aromatic heterocycles. The van der Waals surface area contributed by atoms with Crippen molar-refractivity contribution in [1.82, 2.24) is 10.6 Å². The lowest BCUT2D eigenvalue weighted by Gasteiger charge is -2.23. The first-order valence-corrected chi connectivity index (χ1v) is 7.22. The van der Waals surface area contributed by atoms with Crippen molar-refractivity contribution < 1.29 is 0 Å². The lowest BCUT2D eigenvalue weighted by atomic mass is 9.85. The third-order valence-corrected chi connectivity index (χ3v) is 3.45. The normalized spacial score (nSPS) is 16.3. The third kappa shape index (κ3) is 4.27. The maximum Gasteiger partial charge on any atom is 0.191 e. The summed E-state index contributed by atoms with van der Waals surface area (Å²) in [7, 11) is 0. The van der Waals surface area contributed by atoms with E-state index in [0.29, 0.717) is 6.04 Å². The molecule has 2 rings (SSSR count). The lowest BCUT2D eigenvalue weighted by Crippen LogP contribution is -2.39. The number of aliphatic imine (C=N–C) groups is 1. The van der Waals surface area contributed by atoms with Crippen LogP contribution in [-0.4, -0.2) is 25.1 Å². The van der Waals surface area contributed by atoms with Crippen LogP contribution in [0.4, 0.5) is 0 Å². The molecule has 1 fully saturated rings. The summed E-state index contributed by atoms with van der Waals surface area (Å²) in [5, 5.41) is 6.77. The number of nitrogens with zero attached hydrogens (tertiary/aromatic N) is 1. The number of benzene rings is 1. The van der Waals surface area contributed by atoms with Gasteiger partial charge in [-0.1, -0.05) is 44.2 Å². The smallest absolute Gasteiger partial charge is 0.191 e. The molecule has 0 atom stereocenters. The Labute approximate surface area is 116 Å². The van der Waals surface area contributed by atoms with Crippen LogP contribution >= 0.6 is 0 Å². The van der Waals surface area contributed by atoms with Gasteiger partial charge in [-0.05, 0) is 25.3 Å². The Kier molecular flexibility index (Phi) is 4.46. The largest absolute Gasteiger partial charge is 0.357 e. The van der Waals surface area contributed by atoms with Crippen molar-refractivity contribution in [1.29, 1.82) is 0 Å². The van der Waals surface area contributed by atoms with Crippen molar-refractivity contribution in [3.8, 4) is 0 Å². The van der Waals surface area contributed by atoms with Crippen molar-refractivity contribution in [3.63, 3.8) is 0 Å². The summed E-state index contributed by atoms with van der Waals surface area (Å²) in [5.74, 6) is 0.953. The fourth-order valence-electron chi connectivity index (χ4n) is 2.00. The van der Waals surface area contributed by atoms with Crippen LogP contribution in [0.1, 0.15) is 39.2 Å². The van der Waals surface area contributed by atoms with Crippen LogP contribution in [0.3, 0.4) is 0 Å². The van der Waals surface area contributed by atoms with Crippen molar-refractivity contribution in [3.05, 3.63) is 35.9 Å². The lowest BCUT2D eigenvalue weighted by molar-refractivity contribution is 0.537. The van der Waals surface area contributed by atoms with Gasteiger partial charge in [0.15, 0.2) is 5.96 Å². The minimum Gasteiger partial charge on any atom is -0.357 e. The first-order valence-electron chi connectivity index (χ1n) is 7.22. The van der Waals surface area contributed by atoms with Crippen molar-refractivity contribution >= 4 is 5.96 Å². The third-order valence-electron chi connectivity index (χ3n) is 3.45. The van der Waals surface area contributed by atoms with Crippen molar-refractivity contribution in [2.24, 2.45) is 4.99 Å². The Morgan fingerprint density at radius 2 is 1.95 bits per heavy atom. The minimum atomic E-state index is 0.0627. The topological polar surface area (TPSA) is 36.4 Å². The molecule has 0 saturated heterocycles. The molecule has 1 aromatic rings. The molecule has 0 heterocycles. The van der Waals surface area contributed by atoms with Crippen LogP contribution in [-0.2, 0) is 5.41 Å². The number of rotatable bonds is 5. The second kappa shape index (κ2) is 6.09. The summed E-state index contributed by atoms with van der Waals surface area (Å²) < 4.78 is 0. The van der Waals surface area contributed by atoms with E-state index in [9.17, 15) is 0 Å². The van der Waals surface area contributed by atoms with Gasteiger partial charge in [0.25, 0.3) is 0 Å². The molecule has 0 aliphatic heterocycles. The first-order chi connectivity index (χ1) is 9.12. The van der Waals surface area contributed by atoms with E-state index in [1.165, 1.54) is 18.4 Å². The Hall–Kier alpha value is -1.51. The summed E-state index contributed by atoms with van der Waals surface area (Å²) >= 11 is 0. The maximum atomic E-state index is 4.74. The van der Waals surface area contributed by atoms with Gasteiger partial charge >= 0.3 is 0 Å². The van der Waals surface area contributed by atoms with Crippen LogP contribution in [0, 0.1) is 0 Å². The van der Waals surface area contributed by atoms with E-state index in [0.717, 1.165) is 19.0 Å².